The van der Waals surface area contributed by atoms with Crippen LogP contribution in [0.5, 0.6) is 5.75 Å². The maximum Gasteiger partial charge on any atom is 0.136 e. The maximum absolute atomic E-state index is 13.4. The zero-order chi connectivity index (χ0) is 14.9. The zero-order valence-electron chi connectivity index (χ0n) is 12.5. The smallest absolute Gasteiger partial charge is 0.136 e. The summed E-state index contributed by atoms with van der Waals surface area (Å²) in [5.41, 5.74) is 0.233. The molecule has 2 aliphatic carbocycles. The lowest BCUT2D eigenvalue weighted by molar-refractivity contribution is -0.0886. The van der Waals surface area contributed by atoms with Crippen LogP contribution in [0.2, 0.25) is 0 Å². The third-order valence-corrected chi connectivity index (χ3v) is 5.99. The lowest BCUT2D eigenvalue weighted by Gasteiger charge is -2.55. The second kappa shape index (κ2) is 6.25. The van der Waals surface area contributed by atoms with Crippen LogP contribution in [0, 0.1) is 11.2 Å². The predicted molar refractivity (Wildman–Crippen MR) is 86.1 cm³/mol. The quantitative estimate of drug-likeness (QED) is 0.850. The molecule has 0 radical (unpaired) electrons. The second-order valence-electron chi connectivity index (χ2n) is 6.41. The van der Waals surface area contributed by atoms with Crippen LogP contribution in [0.1, 0.15) is 44.9 Å². The molecule has 21 heavy (non-hydrogen) atoms. The molecule has 2 aliphatic rings. The lowest BCUT2D eigenvalue weighted by atomic mass is 9.58. The Kier molecular flexibility index (Phi) is 4.55. The highest BCUT2D eigenvalue weighted by molar-refractivity contribution is 9.10. The molecule has 1 aromatic rings. The number of halogens is 2. The number of rotatable bonds is 3. The monoisotopic (exact) mass is 355 g/mol. The van der Waals surface area contributed by atoms with Crippen molar-refractivity contribution < 1.29 is 9.13 Å². The molecular formula is C17H23BrFNO. The molecule has 2 unspecified atom stereocenters. The van der Waals surface area contributed by atoms with E-state index in [1.165, 1.54) is 50.7 Å². The van der Waals surface area contributed by atoms with Crippen molar-refractivity contribution in [2.75, 3.05) is 7.05 Å². The van der Waals surface area contributed by atoms with E-state index in [1.54, 1.807) is 6.07 Å². The van der Waals surface area contributed by atoms with Crippen molar-refractivity contribution in [1.29, 1.82) is 0 Å². The van der Waals surface area contributed by atoms with Crippen molar-refractivity contribution in [3.8, 4) is 5.75 Å². The standard InChI is InChI=1S/C17H23BrFNO/c1-20-15-11-16(17(15)8-4-2-3-5-9-17)21-14-10-12(19)6-7-13(14)18/h6-7,10,15-16,20H,2-5,8-9,11H2,1H3. The average molecular weight is 356 g/mol. The zero-order valence-corrected chi connectivity index (χ0v) is 14.1. The van der Waals surface area contributed by atoms with Gasteiger partial charge in [-0.15, -0.1) is 0 Å². The molecule has 1 N–H and O–H groups in total. The van der Waals surface area contributed by atoms with Gasteiger partial charge in [-0.25, -0.2) is 4.39 Å². The van der Waals surface area contributed by atoms with Gasteiger partial charge >= 0.3 is 0 Å². The lowest BCUT2D eigenvalue weighted by Crippen LogP contribution is -2.64. The average Bonchev–Trinajstić information content (AvgIpc) is 2.74. The van der Waals surface area contributed by atoms with Crippen LogP contribution in [-0.4, -0.2) is 19.2 Å². The first kappa shape index (κ1) is 15.3. The molecular weight excluding hydrogens is 333 g/mol. The van der Waals surface area contributed by atoms with Crippen LogP contribution in [0.3, 0.4) is 0 Å². The maximum atomic E-state index is 13.4. The molecule has 2 fully saturated rings. The van der Waals surface area contributed by atoms with Crippen LogP contribution >= 0.6 is 15.9 Å². The molecule has 3 rings (SSSR count). The Morgan fingerprint density at radius 1 is 1.24 bits per heavy atom. The van der Waals surface area contributed by atoms with E-state index in [9.17, 15) is 4.39 Å². The molecule has 0 aromatic heterocycles. The van der Waals surface area contributed by atoms with Crippen molar-refractivity contribution in [1.82, 2.24) is 5.32 Å². The van der Waals surface area contributed by atoms with Crippen molar-refractivity contribution in [3.05, 3.63) is 28.5 Å². The van der Waals surface area contributed by atoms with Gasteiger partial charge in [-0.3, -0.25) is 0 Å². The third-order valence-electron chi connectivity index (χ3n) is 5.33. The Bertz CT molecular complexity index is 500. The van der Waals surface area contributed by atoms with Gasteiger partial charge in [0.15, 0.2) is 0 Å². The first-order valence-electron chi connectivity index (χ1n) is 7.95. The van der Waals surface area contributed by atoms with Gasteiger partial charge in [-0.05, 0) is 48.0 Å². The Balaban J connectivity index is 1.79. The Morgan fingerprint density at radius 2 is 1.95 bits per heavy atom. The molecule has 0 amide bonds. The molecule has 116 valence electrons. The summed E-state index contributed by atoms with van der Waals surface area (Å²) in [5.74, 6) is 0.394. The van der Waals surface area contributed by atoms with Crippen LogP contribution < -0.4 is 10.1 Å². The van der Waals surface area contributed by atoms with Crippen LogP contribution in [0.15, 0.2) is 22.7 Å². The number of ether oxygens (including phenoxy) is 1. The number of benzene rings is 1. The Morgan fingerprint density at radius 3 is 2.62 bits per heavy atom. The summed E-state index contributed by atoms with van der Waals surface area (Å²) in [6, 6.07) is 5.20. The predicted octanol–water partition coefficient (Wildman–Crippen LogP) is 4.67. The van der Waals surface area contributed by atoms with E-state index in [0.29, 0.717) is 11.8 Å². The Hall–Kier alpha value is -0.610. The van der Waals surface area contributed by atoms with Gasteiger partial charge in [0.05, 0.1) is 4.47 Å². The fraction of sp³-hybridized carbons (Fsp3) is 0.647. The molecule has 0 heterocycles. The molecule has 1 aromatic carbocycles. The summed E-state index contributed by atoms with van der Waals surface area (Å²) in [4.78, 5) is 0. The van der Waals surface area contributed by atoms with E-state index in [1.807, 2.05) is 7.05 Å². The third kappa shape index (κ3) is 2.85. The summed E-state index contributed by atoms with van der Waals surface area (Å²) < 4.78 is 20.5. The number of nitrogens with one attached hydrogen (secondary N) is 1. The van der Waals surface area contributed by atoms with Crippen LogP contribution in [-0.2, 0) is 0 Å². The van der Waals surface area contributed by atoms with Crippen molar-refractivity contribution >= 4 is 15.9 Å². The number of hydrogen-bond acceptors (Lipinski definition) is 2. The van der Waals surface area contributed by atoms with Gasteiger partial charge in [0.2, 0.25) is 0 Å². The second-order valence-corrected chi connectivity index (χ2v) is 7.26. The van der Waals surface area contributed by atoms with Crippen molar-refractivity contribution in [3.63, 3.8) is 0 Å². The minimum atomic E-state index is -0.243. The van der Waals surface area contributed by atoms with Crippen LogP contribution in [0.4, 0.5) is 4.39 Å². The summed E-state index contributed by atoms with van der Waals surface area (Å²) in [5, 5.41) is 3.47. The van der Waals surface area contributed by atoms with Gasteiger partial charge in [0, 0.05) is 23.9 Å². The van der Waals surface area contributed by atoms with E-state index < -0.39 is 0 Å². The minimum Gasteiger partial charge on any atom is -0.488 e. The van der Waals surface area contributed by atoms with E-state index >= 15 is 0 Å². The van der Waals surface area contributed by atoms with Gasteiger partial charge < -0.3 is 10.1 Å². The highest BCUT2D eigenvalue weighted by atomic mass is 79.9. The van der Waals surface area contributed by atoms with E-state index in [0.717, 1.165) is 10.9 Å². The van der Waals surface area contributed by atoms with Gasteiger partial charge in [0.25, 0.3) is 0 Å². The van der Waals surface area contributed by atoms with E-state index in [-0.39, 0.29) is 17.3 Å². The van der Waals surface area contributed by atoms with Gasteiger partial charge in [0.1, 0.15) is 17.7 Å². The summed E-state index contributed by atoms with van der Waals surface area (Å²) in [6.07, 6.45) is 8.87. The normalized spacial score (nSPS) is 28.0. The largest absolute Gasteiger partial charge is 0.488 e. The van der Waals surface area contributed by atoms with Crippen LogP contribution in [0.25, 0.3) is 0 Å². The van der Waals surface area contributed by atoms with E-state index in [4.69, 9.17) is 4.74 Å². The molecule has 2 saturated carbocycles. The first-order chi connectivity index (χ1) is 10.2. The highest BCUT2D eigenvalue weighted by Crippen LogP contribution is 2.52. The molecule has 4 heteroatoms. The summed E-state index contributed by atoms with van der Waals surface area (Å²) in [6.45, 7) is 0. The van der Waals surface area contributed by atoms with Gasteiger partial charge in [-0.2, -0.15) is 0 Å². The molecule has 1 spiro atoms. The van der Waals surface area contributed by atoms with E-state index in [2.05, 4.69) is 21.2 Å². The number of hydrogen-bond donors (Lipinski definition) is 1. The topological polar surface area (TPSA) is 21.3 Å². The molecule has 2 atom stereocenters. The van der Waals surface area contributed by atoms with Crippen molar-refractivity contribution in [2.24, 2.45) is 5.41 Å². The fourth-order valence-corrected chi connectivity index (χ4v) is 4.44. The molecule has 0 aliphatic heterocycles. The highest BCUT2D eigenvalue weighted by Gasteiger charge is 2.55. The minimum absolute atomic E-state index is 0.200. The molecule has 0 bridgehead atoms. The fourth-order valence-electron chi connectivity index (χ4n) is 4.10. The molecule has 0 saturated heterocycles. The first-order valence-corrected chi connectivity index (χ1v) is 8.74. The summed E-state index contributed by atoms with van der Waals surface area (Å²) >= 11 is 3.46. The van der Waals surface area contributed by atoms with Crippen molar-refractivity contribution in [2.45, 2.75) is 57.1 Å². The SMILES string of the molecule is CNC1CC(Oc2cc(F)ccc2Br)C12CCCCCC2. The summed E-state index contributed by atoms with van der Waals surface area (Å²) in [7, 11) is 2.05. The van der Waals surface area contributed by atoms with Gasteiger partial charge in [-0.1, -0.05) is 25.7 Å². The Labute approximate surface area is 134 Å². The molecule has 2 nitrogen and oxygen atoms in total.